The van der Waals surface area contributed by atoms with Crippen LogP contribution in [0.3, 0.4) is 0 Å². The molecule has 0 aliphatic carbocycles. The van der Waals surface area contributed by atoms with Gasteiger partial charge in [0.2, 0.25) is 10.0 Å². The Labute approximate surface area is 154 Å². The molecule has 0 aromatic heterocycles. The summed E-state index contributed by atoms with van der Waals surface area (Å²) in [5.41, 5.74) is 0.692. The van der Waals surface area contributed by atoms with Crippen molar-refractivity contribution >= 4 is 27.6 Å². The summed E-state index contributed by atoms with van der Waals surface area (Å²) in [6.45, 7) is 2.81. The van der Waals surface area contributed by atoms with Crippen LogP contribution in [0.1, 0.15) is 43.0 Å². The van der Waals surface area contributed by atoms with Crippen molar-refractivity contribution in [3.63, 3.8) is 0 Å². The number of hydrogen-bond donors (Lipinski definition) is 0. The van der Waals surface area contributed by atoms with E-state index in [1.807, 2.05) is 6.92 Å². The quantitative estimate of drug-likeness (QED) is 0.744. The molecule has 0 bridgehead atoms. The average molecular weight is 380 g/mol. The SMILES string of the molecule is CC1CCCCN1C(=O)COC(=O)c1cccc(N2CCCS2(=O)=O)c1. The number of piperidine rings is 1. The lowest BCUT2D eigenvalue weighted by molar-refractivity contribution is -0.137. The topological polar surface area (TPSA) is 84.0 Å². The molecule has 2 saturated heterocycles. The zero-order valence-corrected chi connectivity index (χ0v) is 15.7. The molecule has 2 aliphatic heterocycles. The maximum Gasteiger partial charge on any atom is 0.338 e. The number of carbonyl (C=O) groups is 2. The third kappa shape index (κ3) is 4.00. The molecule has 8 heteroatoms. The summed E-state index contributed by atoms with van der Waals surface area (Å²) in [6, 6.07) is 6.50. The van der Waals surface area contributed by atoms with Crippen LogP contribution in [0.4, 0.5) is 5.69 Å². The van der Waals surface area contributed by atoms with E-state index in [0.717, 1.165) is 19.3 Å². The van der Waals surface area contributed by atoms with E-state index in [-0.39, 0.29) is 29.9 Å². The third-order valence-corrected chi connectivity index (χ3v) is 6.79. The number of anilines is 1. The van der Waals surface area contributed by atoms with Crippen LogP contribution in [0.2, 0.25) is 0 Å². The number of rotatable bonds is 4. The molecule has 1 aromatic rings. The monoisotopic (exact) mass is 380 g/mol. The highest BCUT2D eigenvalue weighted by molar-refractivity contribution is 7.93. The first kappa shape index (κ1) is 18.7. The third-order valence-electron chi connectivity index (χ3n) is 4.92. The second kappa shape index (κ2) is 7.65. The lowest BCUT2D eigenvalue weighted by Gasteiger charge is -2.33. The van der Waals surface area contributed by atoms with Gasteiger partial charge in [-0.05, 0) is 50.8 Å². The predicted molar refractivity (Wildman–Crippen MR) is 97.5 cm³/mol. The van der Waals surface area contributed by atoms with Crippen molar-refractivity contribution in [2.24, 2.45) is 0 Å². The van der Waals surface area contributed by atoms with Gasteiger partial charge in [0.15, 0.2) is 6.61 Å². The van der Waals surface area contributed by atoms with Crippen LogP contribution in [-0.4, -0.2) is 56.7 Å². The fourth-order valence-electron chi connectivity index (χ4n) is 3.48. The van der Waals surface area contributed by atoms with Crippen LogP contribution in [0.25, 0.3) is 0 Å². The minimum absolute atomic E-state index is 0.115. The van der Waals surface area contributed by atoms with E-state index >= 15 is 0 Å². The molecule has 0 saturated carbocycles. The highest BCUT2D eigenvalue weighted by atomic mass is 32.2. The van der Waals surface area contributed by atoms with Crippen LogP contribution < -0.4 is 4.31 Å². The number of carbonyl (C=O) groups excluding carboxylic acids is 2. The molecule has 1 amide bonds. The normalized spacial score (nSPS) is 22.3. The molecule has 2 aliphatic rings. The molecule has 7 nitrogen and oxygen atoms in total. The summed E-state index contributed by atoms with van der Waals surface area (Å²) in [7, 11) is -3.31. The van der Waals surface area contributed by atoms with Gasteiger partial charge in [-0.1, -0.05) is 6.07 Å². The number of benzene rings is 1. The van der Waals surface area contributed by atoms with Gasteiger partial charge < -0.3 is 9.64 Å². The zero-order chi connectivity index (χ0) is 18.7. The molecule has 1 atom stereocenters. The largest absolute Gasteiger partial charge is 0.452 e. The molecule has 0 spiro atoms. The zero-order valence-electron chi connectivity index (χ0n) is 14.9. The number of nitrogens with zero attached hydrogens (tertiary/aromatic N) is 2. The molecular weight excluding hydrogens is 356 g/mol. The molecular formula is C18H24N2O5S. The number of sulfonamides is 1. The lowest BCUT2D eigenvalue weighted by atomic mass is 10.0. The molecule has 26 heavy (non-hydrogen) atoms. The Morgan fingerprint density at radius 1 is 1.19 bits per heavy atom. The molecule has 1 aromatic carbocycles. The fourth-order valence-corrected chi connectivity index (χ4v) is 5.04. The molecule has 3 rings (SSSR count). The average Bonchev–Trinajstić information content (AvgIpc) is 2.99. The van der Waals surface area contributed by atoms with E-state index < -0.39 is 16.0 Å². The molecule has 0 N–H and O–H groups in total. The summed E-state index contributed by atoms with van der Waals surface area (Å²) >= 11 is 0. The van der Waals surface area contributed by atoms with E-state index in [2.05, 4.69) is 0 Å². The van der Waals surface area contributed by atoms with Gasteiger partial charge in [0.1, 0.15) is 0 Å². The fraction of sp³-hybridized carbons (Fsp3) is 0.556. The summed E-state index contributed by atoms with van der Waals surface area (Å²) in [5.74, 6) is -0.699. The number of likely N-dealkylation sites (tertiary alicyclic amines) is 1. The first-order valence-corrected chi connectivity index (χ1v) is 10.6. The highest BCUT2D eigenvalue weighted by Crippen LogP contribution is 2.25. The maximum absolute atomic E-state index is 12.3. The minimum atomic E-state index is -3.31. The van der Waals surface area contributed by atoms with Crippen molar-refractivity contribution in [1.82, 2.24) is 4.90 Å². The van der Waals surface area contributed by atoms with Crippen molar-refractivity contribution < 1.29 is 22.7 Å². The molecule has 1 unspecified atom stereocenters. The summed E-state index contributed by atoms with van der Waals surface area (Å²) in [6.07, 6.45) is 3.61. The van der Waals surface area contributed by atoms with Gasteiger partial charge in [0, 0.05) is 19.1 Å². The Bertz CT molecular complexity index is 793. The van der Waals surface area contributed by atoms with Crippen molar-refractivity contribution in [2.45, 2.75) is 38.6 Å². The lowest BCUT2D eigenvalue weighted by Crippen LogP contribution is -2.44. The number of esters is 1. The van der Waals surface area contributed by atoms with Crippen LogP contribution in [0.15, 0.2) is 24.3 Å². The van der Waals surface area contributed by atoms with Gasteiger partial charge in [-0.15, -0.1) is 0 Å². The number of ether oxygens (including phenoxy) is 1. The Morgan fingerprint density at radius 2 is 2.00 bits per heavy atom. The van der Waals surface area contributed by atoms with Gasteiger partial charge >= 0.3 is 5.97 Å². The van der Waals surface area contributed by atoms with Crippen LogP contribution in [0, 0.1) is 0 Å². The molecule has 0 radical (unpaired) electrons. The van der Waals surface area contributed by atoms with E-state index in [4.69, 9.17) is 4.74 Å². The summed E-state index contributed by atoms with van der Waals surface area (Å²) < 4.78 is 30.5. The number of amides is 1. The molecule has 2 heterocycles. The predicted octanol–water partition coefficient (Wildman–Crippen LogP) is 1.78. The van der Waals surface area contributed by atoms with E-state index in [0.29, 0.717) is 25.2 Å². The van der Waals surface area contributed by atoms with E-state index in [1.165, 1.54) is 10.4 Å². The standard InChI is InChI=1S/C18H24N2O5S/c1-14-6-2-3-9-19(14)17(21)13-25-18(22)15-7-4-8-16(12-15)20-10-5-11-26(20,23)24/h4,7-8,12,14H,2-3,5-6,9-11,13H2,1H3. The van der Waals surface area contributed by atoms with Gasteiger partial charge in [0.25, 0.3) is 5.91 Å². The first-order valence-electron chi connectivity index (χ1n) is 8.95. The highest BCUT2D eigenvalue weighted by Gasteiger charge is 2.29. The van der Waals surface area contributed by atoms with Crippen LogP contribution in [0.5, 0.6) is 0 Å². The Kier molecular flexibility index (Phi) is 5.50. The summed E-state index contributed by atoms with van der Waals surface area (Å²) in [5, 5.41) is 0. The van der Waals surface area contributed by atoms with Crippen molar-refractivity contribution in [1.29, 1.82) is 0 Å². The first-order chi connectivity index (χ1) is 12.4. The van der Waals surface area contributed by atoms with Gasteiger partial charge in [-0.25, -0.2) is 13.2 Å². The van der Waals surface area contributed by atoms with Crippen molar-refractivity contribution in [3.05, 3.63) is 29.8 Å². The smallest absolute Gasteiger partial charge is 0.338 e. The van der Waals surface area contributed by atoms with Crippen molar-refractivity contribution in [2.75, 3.05) is 29.8 Å². The Hall–Kier alpha value is -2.09. The van der Waals surface area contributed by atoms with E-state index in [9.17, 15) is 18.0 Å². The van der Waals surface area contributed by atoms with Gasteiger partial charge in [-0.3, -0.25) is 9.10 Å². The molecule has 142 valence electrons. The molecule has 2 fully saturated rings. The summed E-state index contributed by atoms with van der Waals surface area (Å²) in [4.78, 5) is 26.3. The van der Waals surface area contributed by atoms with Crippen LogP contribution in [-0.2, 0) is 19.6 Å². The number of hydrogen-bond acceptors (Lipinski definition) is 5. The second-order valence-electron chi connectivity index (χ2n) is 6.80. The minimum Gasteiger partial charge on any atom is -0.452 e. The van der Waals surface area contributed by atoms with Crippen molar-refractivity contribution in [3.8, 4) is 0 Å². The van der Waals surface area contributed by atoms with Crippen LogP contribution >= 0.6 is 0 Å². The maximum atomic E-state index is 12.3. The van der Waals surface area contributed by atoms with Gasteiger partial charge in [-0.2, -0.15) is 0 Å². The second-order valence-corrected chi connectivity index (χ2v) is 8.81. The van der Waals surface area contributed by atoms with E-state index in [1.54, 1.807) is 23.1 Å². The van der Waals surface area contributed by atoms with Gasteiger partial charge in [0.05, 0.1) is 17.0 Å². The Balaban J connectivity index is 1.63. The Morgan fingerprint density at radius 3 is 2.69 bits per heavy atom.